The maximum Gasteiger partial charge on any atom is 0.335 e. The van der Waals surface area contributed by atoms with Crippen molar-refractivity contribution in [1.29, 1.82) is 0 Å². The summed E-state index contributed by atoms with van der Waals surface area (Å²) in [6.45, 7) is 3.22. The molecule has 1 aromatic carbocycles. The average Bonchev–Trinajstić information content (AvgIpc) is 2.59. The number of carbonyl (C=O) groups is 2. The van der Waals surface area contributed by atoms with E-state index in [4.69, 9.17) is 5.11 Å². The molecule has 2 N–H and O–H groups in total. The molecule has 0 bridgehead atoms. The van der Waals surface area contributed by atoms with Crippen molar-refractivity contribution in [3.63, 3.8) is 0 Å². The standard InChI is InChI=1S/C17H23F2N3O3/c1-2-14-10-22(8-7-21(14)11-15(18)19)17(25)20-9-12-3-5-13(6-4-12)16(23)24/h3-6,14-15H,2,7-11H2,1H3,(H,20,25)(H,23,24). The number of amides is 2. The number of nitrogens with one attached hydrogen (secondary N) is 1. The Morgan fingerprint density at radius 3 is 2.52 bits per heavy atom. The monoisotopic (exact) mass is 355 g/mol. The van der Waals surface area contributed by atoms with Crippen LogP contribution < -0.4 is 5.32 Å². The van der Waals surface area contributed by atoms with E-state index < -0.39 is 12.4 Å². The SMILES string of the molecule is CCC1CN(C(=O)NCc2ccc(C(=O)O)cc2)CCN1CC(F)F. The maximum absolute atomic E-state index is 12.6. The minimum atomic E-state index is -2.37. The second-order valence-corrected chi connectivity index (χ2v) is 6.05. The molecule has 1 saturated heterocycles. The van der Waals surface area contributed by atoms with Gasteiger partial charge in [0.15, 0.2) is 0 Å². The summed E-state index contributed by atoms with van der Waals surface area (Å²) in [5.74, 6) is -0.997. The van der Waals surface area contributed by atoms with Gasteiger partial charge in [0.1, 0.15) is 0 Å². The molecule has 1 fully saturated rings. The van der Waals surface area contributed by atoms with E-state index in [0.29, 0.717) is 26.1 Å². The lowest BCUT2D eigenvalue weighted by molar-refractivity contribution is 0.0290. The van der Waals surface area contributed by atoms with Gasteiger partial charge < -0.3 is 15.3 Å². The van der Waals surface area contributed by atoms with Gasteiger partial charge in [0, 0.05) is 32.2 Å². The van der Waals surface area contributed by atoms with E-state index in [9.17, 15) is 18.4 Å². The molecule has 1 atom stereocenters. The highest BCUT2D eigenvalue weighted by molar-refractivity contribution is 5.87. The molecule has 1 aliphatic heterocycles. The number of aromatic carboxylic acids is 1. The largest absolute Gasteiger partial charge is 0.478 e. The van der Waals surface area contributed by atoms with Crippen LogP contribution in [0.3, 0.4) is 0 Å². The summed E-state index contributed by atoms with van der Waals surface area (Å²) in [7, 11) is 0. The summed E-state index contributed by atoms with van der Waals surface area (Å²) < 4.78 is 25.2. The average molecular weight is 355 g/mol. The summed E-state index contributed by atoms with van der Waals surface area (Å²) in [4.78, 5) is 26.5. The van der Waals surface area contributed by atoms with Crippen LogP contribution in [-0.4, -0.2) is 65.6 Å². The van der Waals surface area contributed by atoms with Crippen molar-refractivity contribution in [3.8, 4) is 0 Å². The number of alkyl halides is 2. The number of halogens is 2. The second-order valence-electron chi connectivity index (χ2n) is 6.05. The van der Waals surface area contributed by atoms with Crippen molar-refractivity contribution >= 4 is 12.0 Å². The molecular weight excluding hydrogens is 332 g/mol. The molecule has 138 valence electrons. The van der Waals surface area contributed by atoms with Crippen molar-refractivity contribution in [3.05, 3.63) is 35.4 Å². The van der Waals surface area contributed by atoms with E-state index in [-0.39, 0.29) is 30.7 Å². The van der Waals surface area contributed by atoms with Crippen LogP contribution >= 0.6 is 0 Å². The molecule has 0 spiro atoms. The minimum Gasteiger partial charge on any atom is -0.478 e. The second kappa shape index (κ2) is 8.75. The number of nitrogens with zero attached hydrogens (tertiary/aromatic N) is 2. The molecule has 1 unspecified atom stereocenters. The fraction of sp³-hybridized carbons (Fsp3) is 0.529. The van der Waals surface area contributed by atoms with Crippen LogP contribution in [0.5, 0.6) is 0 Å². The van der Waals surface area contributed by atoms with Gasteiger partial charge in [-0.15, -0.1) is 0 Å². The first-order chi connectivity index (χ1) is 11.9. The molecule has 0 aromatic heterocycles. The smallest absolute Gasteiger partial charge is 0.335 e. The van der Waals surface area contributed by atoms with E-state index >= 15 is 0 Å². The molecule has 2 amide bonds. The van der Waals surface area contributed by atoms with Crippen LogP contribution in [0, 0.1) is 0 Å². The van der Waals surface area contributed by atoms with Gasteiger partial charge in [-0.25, -0.2) is 18.4 Å². The lowest BCUT2D eigenvalue weighted by Crippen LogP contribution is -2.57. The Kier molecular flexibility index (Phi) is 6.69. The third-order valence-electron chi connectivity index (χ3n) is 4.38. The Hall–Kier alpha value is -2.22. The Bertz CT molecular complexity index is 595. The van der Waals surface area contributed by atoms with Crippen LogP contribution in [0.2, 0.25) is 0 Å². The topological polar surface area (TPSA) is 72.9 Å². The van der Waals surface area contributed by atoms with E-state index in [2.05, 4.69) is 5.32 Å². The summed E-state index contributed by atoms with van der Waals surface area (Å²) in [5.41, 5.74) is 0.984. The Morgan fingerprint density at radius 2 is 1.96 bits per heavy atom. The van der Waals surface area contributed by atoms with Crippen LogP contribution in [0.15, 0.2) is 24.3 Å². The van der Waals surface area contributed by atoms with Crippen molar-refractivity contribution in [2.45, 2.75) is 32.4 Å². The summed E-state index contributed by atoms with van der Waals surface area (Å²) in [6, 6.07) is 5.97. The molecule has 6 nitrogen and oxygen atoms in total. The van der Waals surface area contributed by atoms with Crippen molar-refractivity contribution < 1.29 is 23.5 Å². The molecule has 1 aromatic rings. The first kappa shape index (κ1) is 19.1. The van der Waals surface area contributed by atoms with Crippen LogP contribution in [0.25, 0.3) is 0 Å². The minimum absolute atomic E-state index is 0.0663. The fourth-order valence-corrected chi connectivity index (χ4v) is 2.94. The van der Waals surface area contributed by atoms with Gasteiger partial charge in [0.2, 0.25) is 0 Å². The van der Waals surface area contributed by atoms with Crippen LogP contribution in [0.4, 0.5) is 13.6 Å². The first-order valence-electron chi connectivity index (χ1n) is 8.28. The highest BCUT2D eigenvalue weighted by Gasteiger charge is 2.29. The molecular formula is C17H23F2N3O3. The molecule has 25 heavy (non-hydrogen) atoms. The van der Waals surface area contributed by atoms with Crippen molar-refractivity contribution in [1.82, 2.24) is 15.1 Å². The highest BCUT2D eigenvalue weighted by atomic mass is 19.3. The number of piperazine rings is 1. The number of carboxylic acid groups (broad SMARTS) is 1. The molecule has 2 rings (SSSR count). The van der Waals surface area contributed by atoms with Crippen molar-refractivity contribution in [2.24, 2.45) is 0 Å². The van der Waals surface area contributed by atoms with Crippen LogP contribution in [0.1, 0.15) is 29.3 Å². The predicted molar refractivity (Wildman–Crippen MR) is 88.9 cm³/mol. The van der Waals surface area contributed by atoms with Crippen LogP contribution in [-0.2, 0) is 6.54 Å². The van der Waals surface area contributed by atoms with Gasteiger partial charge in [0.25, 0.3) is 6.43 Å². The Balaban J connectivity index is 1.85. The Morgan fingerprint density at radius 1 is 1.28 bits per heavy atom. The van der Waals surface area contributed by atoms with Gasteiger partial charge in [0.05, 0.1) is 12.1 Å². The highest BCUT2D eigenvalue weighted by Crippen LogP contribution is 2.15. The zero-order chi connectivity index (χ0) is 18.4. The normalized spacial score (nSPS) is 18.4. The number of benzene rings is 1. The van der Waals surface area contributed by atoms with Crippen molar-refractivity contribution in [2.75, 3.05) is 26.2 Å². The first-order valence-corrected chi connectivity index (χ1v) is 8.28. The quantitative estimate of drug-likeness (QED) is 0.821. The predicted octanol–water partition coefficient (Wildman–Crippen LogP) is 2.26. The molecule has 1 heterocycles. The van der Waals surface area contributed by atoms with Gasteiger partial charge >= 0.3 is 12.0 Å². The number of carboxylic acids is 1. The third kappa shape index (κ3) is 5.38. The fourth-order valence-electron chi connectivity index (χ4n) is 2.94. The van der Waals surface area contributed by atoms with E-state index in [1.165, 1.54) is 12.1 Å². The maximum atomic E-state index is 12.6. The van der Waals surface area contributed by atoms with Gasteiger partial charge in [-0.1, -0.05) is 19.1 Å². The molecule has 8 heteroatoms. The number of urea groups is 1. The summed E-state index contributed by atoms with van der Waals surface area (Å²) in [5, 5.41) is 11.7. The summed E-state index contributed by atoms with van der Waals surface area (Å²) >= 11 is 0. The van der Waals surface area contributed by atoms with E-state index in [1.807, 2.05) is 6.92 Å². The van der Waals surface area contributed by atoms with E-state index in [1.54, 1.807) is 21.9 Å². The number of carbonyl (C=O) groups excluding carboxylic acids is 1. The zero-order valence-electron chi connectivity index (χ0n) is 14.1. The number of hydrogen-bond acceptors (Lipinski definition) is 3. The van der Waals surface area contributed by atoms with E-state index in [0.717, 1.165) is 5.56 Å². The zero-order valence-corrected chi connectivity index (χ0v) is 14.1. The van der Waals surface area contributed by atoms with Gasteiger partial charge in [-0.05, 0) is 24.1 Å². The lowest BCUT2D eigenvalue weighted by atomic mass is 10.1. The molecule has 0 aliphatic carbocycles. The lowest BCUT2D eigenvalue weighted by Gasteiger charge is -2.40. The number of hydrogen-bond donors (Lipinski definition) is 2. The third-order valence-corrected chi connectivity index (χ3v) is 4.38. The molecule has 0 radical (unpaired) electrons. The number of rotatable bonds is 6. The van der Waals surface area contributed by atoms with Gasteiger partial charge in [-0.3, -0.25) is 4.90 Å². The van der Waals surface area contributed by atoms with Gasteiger partial charge in [-0.2, -0.15) is 0 Å². The summed E-state index contributed by atoms with van der Waals surface area (Å²) in [6.07, 6.45) is -1.67. The Labute approximate surface area is 145 Å². The molecule has 1 aliphatic rings. The molecule has 0 saturated carbocycles.